The number of amides is 4. The van der Waals surface area contributed by atoms with Crippen molar-refractivity contribution in [2.24, 2.45) is 0 Å². The molecule has 0 unspecified atom stereocenters. The van der Waals surface area contributed by atoms with Crippen molar-refractivity contribution >= 4 is 34.8 Å². The quantitative estimate of drug-likeness (QED) is 0.502. The summed E-state index contributed by atoms with van der Waals surface area (Å²) in [5.74, 6) is -1.14. The maximum absolute atomic E-state index is 13.1. The van der Waals surface area contributed by atoms with Gasteiger partial charge in [-0.1, -0.05) is 43.5 Å². The minimum absolute atomic E-state index is 0.00618. The molecule has 0 radical (unpaired) electrons. The van der Waals surface area contributed by atoms with Gasteiger partial charge >= 0.3 is 6.03 Å². The predicted octanol–water partition coefficient (Wildman–Crippen LogP) is 3.62. The van der Waals surface area contributed by atoms with Crippen LogP contribution in [0.1, 0.15) is 37.7 Å². The van der Waals surface area contributed by atoms with Crippen molar-refractivity contribution in [2.45, 2.75) is 44.7 Å². The van der Waals surface area contributed by atoms with Gasteiger partial charge in [0.25, 0.3) is 11.8 Å². The first kappa shape index (κ1) is 18.2. The summed E-state index contributed by atoms with van der Waals surface area (Å²) >= 11 is 0. The Kier molecular flexibility index (Phi) is 4.86. The van der Waals surface area contributed by atoms with Crippen molar-refractivity contribution in [1.29, 1.82) is 0 Å². The van der Waals surface area contributed by atoms with Crippen LogP contribution in [0, 0.1) is 0 Å². The molecule has 1 N–H and O–H groups in total. The molecule has 1 aromatic carbocycles. The van der Waals surface area contributed by atoms with E-state index in [2.05, 4.69) is 11.9 Å². The third kappa shape index (κ3) is 3.15. The normalized spacial score (nSPS) is 20.1. The Morgan fingerprint density at radius 1 is 1.11 bits per heavy atom. The van der Waals surface area contributed by atoms with Gasteiger partial charge in [0.2, 0.25) is 0 Å². The Balaban J connectivity index is 1.75. The second kappa shape index (κ2) is 7.46. The third-order valence-corrected chi connectivity index (χ3v) is 5.52. The maximum atomic E-state index is 13.1. The summed E-state index contributed by atoms with van der Waals surface area (Å²) in [5, 5.41) is 3.29. The highest BCUT2D eigenvalue weighted by Gasteiger charge is 2.40. The minimum Gasteiger partial charge on any atom is -0.343 e. The predicted molar refractivity (Wildman–Crippen MR) is 107 cm³/mol. The number of urea groups is 1. The van der Waals surface area contributed by atoms with Crippen LogP contribution in [0.4, 0.5) is 4.79 Å². The van der Waals surface area contributed by atoms with Gasteiger partial charge in [-0.25, -0.2) is 4.79 Å². The number of benzene rings is 1. The van der Waals surface area contributed by atoms with Crippen LogP contribution in [0.2, 0.25) is 0 Å². The molecule has 1 aliphatic heterocycles. The number of hydrogen-bond donors (Lipinski definition) is 1. The first-order chi connectivity index (χ1) is 13.6. The molecule has 0 bridgehead atoms. The van der Waals surface area contributed by atoms with Crippen molar-refractivity contribution in [3.8, 4) is 0 Å². The Bertz CT molecular complexity index is 996. The topological polar surface area (TPSA) is 71.4 Å². The van der Waals surface area contributed by atoms with Crippen molar-refractivity contribution < 1.29 is 14.4 Å². The van der Waals surface area contributed by atoms with Crippen LogP contribution in [0.5, 0.6) is 0 Å². The third-order valence-electron chi connectivity index (χ3n) is 5.52. The van der Waals surface area contributed by atoms with Crippen molar-refractivity contribution in [3.05, 3.63) is 54.3 Å². The monoisotopic (exact) mass is 377 g/mol. The summed E-state index contributed by atoms with van der Waals surface area (Å²) in [6, 6.07) is 7.06. The number of fused-ring (bicyclic) bond motifs is 1. The molecular weight excluding hydrogens is 354 g/mol. The highest BCUT2D eigenvalue weighted by Crippen LogP contribution is 2.28. The smallest absolute Gasteiger partial charge is 0.331 e. The zero-order valence-corrected chi connectivity index (χ0v) is 15.7. The molecule has 6 nitrogen and oxygen atoms in total. The first-order valence-corrected chi connectivity index (χ1v) is 9.69. The fourth-order valence-corrected chi connectivity index (χ4v) is 4.18. The van der Waals surface area contributed by atoms with Crippen LogP contribution in [-0.4, -0.2) is 33.4 Å². The van der Waals surface area contributed by atoms with E-state index in [9.17, 15) is 14.4 Å². The molecule has 2 aliphatic rings. The number of nitrogens with zero attached hydrogens (tertiary/aromatic N) is 2. The molecule has 2 heterocycles. The number of allylic oxidation sites excluding steroid dienone is 1. The van der Waals surface area contributed by atoms with Gasteiger partial charge in [0.1, 0.15) is 5.57 Å². The van der Waals surface area contributed by atoms with Gasteiger partial charge in [0.05, 0.1) is 0 Å². The standard InChI is InChI=1S/C22H23N3O3/c1-2-12-24-14-15(17-10-6-7-11-19(17)24)13-18-20(26)23-22(28)25(21(18)27)16-8-4-3-5-9-16/h2,6-7,10-11,13-14,16H,1,3-5,8-9,12H2,(H,23,26,28). The fourth-order valence-electron chi connectivity index (χ4n) is 4.18. The van der Waals surface area contributed by atoms with Crippen molar-refractivity contribution in [2.75, 3.05) is 0 Å². The zero-order valence-electron chi connectivity index (χ0n) is 15.7. The van der Waals surface area contributed by atoms with Gasteiger partial charge in [-0.2, -0.15) is 0 Å². The van der Waals surface area contributed by atoms with Crippen LogP contribution in [-0.2, 0) is 16.1 Å². The number of carbonyl (C=O) groups excluding carboxylic acids is 3. The summed E-state index contributed by atoms with van der Waals surface area (Å²) in [4.78, 5) is 39.1. The Morgan fingerprint density at radius 2 is 1.86 bits per heavy atom. The molecule has 2 aromatic rings. The molecular formula is C22H23N3O3. The molecule has 144 valence electrons. The molecule has 6 heteroatoms. The number of nitrogens with one attached hydrogen (secondary N) is 1. The van der Waals surface area contributed by atoms with Crippen LogP contribution in [0.25, 0.3) is 17.0 Å². The largest absolute Gasteiger partial charge is 0.343 e. The molecule has 1 saturated carbocycles. The van der Waals surface area contributed by atoms with Crippen molar-refractivity contribution in [1.82, 2.24) is 14.8 Å². The summed E-state index contributed by atoms with van der Waals surface area (Å²) in [5.41, 5.74) is 1.78. The molecule has 2 fully saturated rings. The molecule has 0 spiro atoms. The number of hydrogen-bond acceptors (Lipinski definition) is 3. The lowest BCUT2D eigenvalue weighted by atomic mass is 9.93. The average molecular weight is 377 g/mol. The van der Waals surface area contributed by atoms with Crippen LogP contribution >= 0.6 is 0 Å². The van der Waals surface area contributed by atoms with Crippen LogP contribution in [0.15, 0.2) is 48.7 Å². The van der Waals surface area contributed by atoms with Crippen molar-refractivity contribution in [3.63, 3.8) is 0 Å². The number of imide groups is 2. The number of aromatic nitrogens is 1. The Labute approximate surface area is 163 Å². The highest BCUT2D eigenvalue weighted by atomic mass is 16.2. The van der Waals surface area contributed by atoms with Gasteiger partial charge < -0.3 is 4.57 Å². The van der Waals surface area contributed by atoms with E-state index in [0.29, 0.717) is 6.54 Å². The average Bonchev–Trinajstić information content (AvgIpc) is 3.04. The van der Waals surface area contributed by atoms with Crippen LogP contribution in [0.3, 0.4) is 0 Å². The lowest BCUT2D eigenvalue weighted by molar-refractivity contribution is -0.132. The van der Waals surface area contributed by atoms with Crippen LogP contribution < -0.4 is 5.32 Å². The van der Waals surface area contributed by atoms with Gasteiger partial charge in [0, 0.05) is 35.2 Å². The van der Waals surface area contributed by atoms with Gasteiger partial charge in [-0.05, 0) is 25.0 Å². The Morgan fingerprint density at radius 3 is 2.61 bits per heavy atom. The molecule has 4 amide bonds. The van der Waals surface area contributed by atoms with E-state index in [4.69, 9.17) is 0 Å². The minimum atomic E-state index is -0.636. The second-order valence-electron chi connectivity index (χ2n) is 7.33. The van der Waals surface area contributed by atoms with E-state index in [0.717, 1.165) is 48.6 Å². The van der Waals surface area contributed by atoms with Gasteiger partial charge in [-0.3, -0.25) is 19.8 Å². The fraction of sp³-hybridized carbons (Fsp3) is 0.318. The second-order valence-corrected chi connectivity index (χ2v) is 7.33. The van der Waals surface area contributed by atoms with E-state index in [-0.39, 0.29) is 11.6 Å². The number of carbonyl (C=O) groups is 3. The van der Waals surface area contributed by atoms with E-state index < -0.39 is 17.8 Å². The molecule has 1 aromatic heterocycles. The lowest BCUT2D eigenvalue weighted by Gasteiger charge is -2.35. The van der Waals surface area contributed by atoms with Gasteiger partial charge in [0.15, 0.2) is 0 Å². The van der Waals surface area contributed by atoms with E-state index in [1.807, 2.05) is 35.0 Å². The highest BCUT2D eigenvalue weighted by molar-refractivity contribution is 6.31. The molecule has 1 aliphatic carbocycles. The number of para-hydroxylation sites is 1. The maximum Gasteiger partial charge on any atom is 0.331 e. The Hall–Kier alpha value is -3.15. The summed E-state index contributed by atoms with van der Waals surface area (Å²) in [6.07, 6.45) is 9.98. The molecule has 0 atom stereocenters. The number of rotatable bonds is 4. The number of barbiturate groups is 1. The van der Waals surface area contributed by atoms with E-state index in [1.54, 1.807) is 12.2 Å². The first-order valence-electron chi connectivity index (χ1n) is 9.69. The molecule has 1 saturated heterocycles. The SMILES string of the molecule is C=CCn1cc(C=C2C(=O)NC(=O)N(C3CCCCC3)C2=O)c2ccccc21. The zero-order chi connectivity index (χ0) is 19.7. The molecule has 28 heavy (non-hydrogen) atoms. The lowest BCUT2D eigenvalue weighted by Crippen LogP contribution is -2.58. The van der Waals surface area contributed by atoms with E-state index in [1.165, 1.54) is 4.90 Å². The summed E-state index contributed by atoms with van der Waals surface area (Å²) in [6.45, 7) is 4.40. The van der Waals surface area contributed by atoms with Gasteiger partial charge in [-0.15, -0.1) is 6.58 Å². The molecule has 4 rings (SSSR count). The summed E-state index contributed by atoms with van der Waals surface area (Å²) in [7, 11) is 0. The van der Waals surface area contributed by atoms with E-state index >= 15 is 0 Å². The summed E-state index contributed by atoms with van der Waals surface area (Å²) < 4.78 is 2.02.